The highest BCUT2D eigenvalue weighted by atomic mass is 16.1. The second kappa shape index (κ2) is 5.10. The highest BCUT2D eigenvalue weighted by Gasteiger charge is 2.27. The number of anilines is 1. The van der Waals surface area contributed by atoms with Gasteiger partial charge in [-0.15, -0.1) is 0 Å². The zero-order valence-corrected chi connectivity index (χ0v) is 10.5. The Hall–Kier alpha value is -2.36. The minimum absolute atomic E-state index is 0.0445. The largest absolute Gasteiger partial charge is 0.384 e. The molecule has 4 nitrogen and oxygen atoms in total. The topological polar surface area (TPSA) is 54.0 Å². The summed E-state index contributed by atoms with van der Waals surface area (Å²) < 4.78 is 0. The third kappa shape index (κ3) is 2.42. The van der Waals surface area contributed by atoms with Crippen LogP contribution in [0.5, 0.6) is 0 Å². The summed E-state index contributed by atoms with van der Waals surface area (Å²) in [4.78, 5) is 16.4. The number of carbonyl (C=O) groups is 1. The molecule has 0 aliphatic carbocycles. The minimum Gasteiger partial charge on any atom is -0.384 e. The van der Waals surface area contributed by atoms with E-state index in [-0.39, 0.29) is 11.8 Å². The van der Waals surface area contributed by atoms with Gasteiger partial charge in [0.25, 0.3) is 0 Å². The van der Waals surface area contributed by atoms with Crippen molar-refractivity contribution < 1.29 is 4.79 Å². The number of pyridine rings is 1. The SMILES string of the molecule is O=C(NCc1ccccn1)C1CNc2ccccc21. The van der Waals surface area contributed by atoms with Gasteiger partial charge in [0.1, 0.15) is 0 Å². The van der Waals surface area contributed by atoms with Crippen molar-refractivity contribution >= 4 is 11.6 Å². The van der Waals surface area contributed by atoms with E-state index >= 15 is 0 Å². The summed E-state index contributed by atoms with van der Waals surface area (Å²) in [6, 6.07) is 13.6. The van der Waals surface area contributed by atoms with Crippen molar-refractivity contribution in [1.29, 1.82) is 0 Å². The van der Waals surface area contributed by atoms with Gasteiger partial charge >= 0.3 is 0 Å². The number of hydrogen-bond acceptors (Lipinski definition) is 3. The molecule has 19 heavy (non-hydrogen) atoms. The zero-order chi connectivity index (χ0) is 13.1. The predicted molar refractivity (Wildman–Crippen MR) is 73.8 cm³/mol. The number of nitrogens with one attached hydrogen (secondary N) is 2. The molecule has 2 aromatic rings. The van der Waals surface area contributed by atoms with Crippen molar-refractivity contribution in [3.05, 3.63) is 59.9 Å². The number of fused-ring (bicyclic) bond motifs is 1. The Bertz CT molecular complexity index is 583. The van der Waals surface area contributed by atoms with Gasteiger partial charge in [0.15, 0.2) is 0 Å². The molecule has 1 amide bonds. The third-order valence-corrected chi connectivity index (χ3v) is 3.32. The summed E-state index contributed by atoms with van der Waals surface area (Å²) in [6.45, 7) is 1.13. The molecule has 2 heterocycles. The van der Waals surface area contributed by atoms with E-state index in [0.717, 1.165) is 16.9 Å². The average molecular weight is 253 g/mol. The van der Waals surface area contributed by atoms with Gasteiger partial charge in [-0.05, 0) is 23.8 Å². The Morgan fingerprint density at radius 2 is 2.11 bits per heavy atom. The van der Waals surface area contributed by atoms with E-state index in [0.29, 0.717) is 13.1 Å². The van der Waals surface area contributed by atoms with Crippen molar-refractivity contribution in [3.63, 3.8) is 0 Å². The van der Waals surface area contributed by atoms with Crippen LogP contribution in [0, 0.1) is 0 Å². The second-order valence-corrected chi connectivity index (χ2v) is 4.56. The molecule has 0 bridgehead atoms. The number of amides is 1. The molecular formula is C15H15N3O. The molecule has 0 spiro atoms. The van der Waals surface area contributed by atoms with E-state index in [1.807, 2.05) is 42.5 Å². The Morgan fingerprint density at radius 3 is 2.95 bits per heavy atom. The number of benzene rings is 1. The Balaban J connectivity index is 1.66. The van der Waals surface area contributed by atoms with Crippen LogP contribution in [-0.4, -0.2) is 17.4 Å². The first-order valence-corrected chi connectivity index (χ1v) is 6.35. The van der Waals surface area contributed by atoms with Crippen LogP contribution in [0.4, 0.5) is 5.69 Å². The van der Waals surface area contributed by atoms with Crippen molar-refractivity contribution in [2.45, 2.75) is 12.5 Å². The van der Waals surface area contributed by atoms with Crippen LogP contribution in [0.25, 0.3) is 0 Å². The summed E-state index contributed by atoms with van der Waals surface area (Å²) in [5.74, 6) is -0.0667. The normalized spacial score (nSPS) is 16.5. The molecule has 1 unspecified atom stereocenters. The lowest BCUT2D eigenvalue weighted by Crippen LogP contribution is -2.30. The lowest BCUT2D eigenvalue weighted by atomic mass is 10.0. The Morgan fingerprint density at radius 1 is 1.26 bits per heavy atom. The Kier molecular flexibility index (Phi) is 3.14. The maximum atomic E-state index is 12.2. The second-order valence-electron chi connectivity index (χ2n) is 4.56. The van der Waals surface area contributed by atoms with E-state index in [1.165, 1.54) is 0 Å². The fourth-order valence-electron chi connectivity index (χ4n) is 2.32. The maximum Gasteiger partial charge on any atom is 0.229 e. The lowest BCUT2D eigenvalue weighted by Gasteiger charge is -2.10. The predicted octanol–water partition coefficient (Wildman–Crippen LogP) is 1.91. The molecule has 0 saturated carbocycles. The molecule has 0 saturated heterocycles. The van der Waals surface area contributed by atoms with Crippen LogP contribution < -0.4 is 10.6 Å². The van der Waals surface area contributed by atoms with Gasteiger partial charge in [-0.2, -0.15) is 0 Å². The molecule has 1 aliphatic heterocycles. The molecule has 1 aromatic carbocycles. The number of hydrogen-bond donors (Lipinski definition) is 2. The van der Waals surface area contributed by atoms with Gasteiger partial charge in [-0.3, -0.25) is 9.78 Å². The Labute approximate surface area is 111 Å². The first-order valence-electron chi connectivity index (χ1n) is 6.35. The highest BCUT2D eigenvalue weighted by molar-refractivity contribution is 5.88. The van der Waals surface area contributed by atoms with E-state index < -0.39 is 0 Å². The van der Waals surface area contributed by atoms with E-state index in [2.05, 4.69) is 15.6 Å². The molecule has 3 rings (SSSR count). The number of rotatable bonds is 3. The number of para-hydroxylation sites is 1. The number of carbonyl (C=O) groups excluding carboxylic acids is 1. The summed E-state index contributed by atoms with van der Waals surface area (Å²) in [5, 5.41) is 6.19. The lowest BCUT2D eigenvalue weighted by molar-refractivity contribution is -0.122. The summed E-state index contributed by atoms with van der Waals surface area (Å²) >= 11 is 0. The summed E-state index contributed by atoms with van der Waals surface area (Å²) in [6.07, 6.45) is 1.73. The van der Waals surface area contributed by atoms with Crippen LogP contribution in [0.15, 0.2) is 48.7 Å². The first kappa shape index (κ1) is 11.7. The standard InChI is InChI=1S/C15H15N3O/c19-15(18-9-11-5-3-4-8-16-11)13-10-17-14-7-2-1-6-12(13)14/h1-8,13,17H,9-10H2,(H,18,19). The van der Waals surface area contributed by atoms with Crippen LogP contribution >= 0.6 is 0 Å². The van der Waals surface area contributed by atoms with Crippen LogP contribution in [0.1, 0.15) is 17.2 Å². The molecule has 2 N–H and O–H groups in total. The number of aromatic nitrogens is 1. The first-order chi connectivity index (χ1) is 9.34. The summed E-state index contributed by atoms with van der Waals surface area (Å²) in [7, 11) is 0. The molecule has 4 heteroatoms. The molecular weight excluding hydrogens is 238 g/mol. The smallest absolute Gasteiger partial charge is 0.229 e. The fourth-order valence-corrected chi connectivity index (χ4v) is 2.32. The van der Waals surface area contributed by atoms with Gasteiger partial charge in [0.2, 0.25) is 5.91 Å². The summed E-state index contributed by atoms with van der Waals surface area (Å²) in [5.41, 5.74) is 3.00. The van der Waals surface area contributed by atoms with Gasteiger partial charge in [0.05, 0.1) is 18.2 Å². The van der Waals surface area contributed by atoms with Crippen LogP contribution in [-0.2, 0) is 11.3 Å². The van der Waals surface area contributed by atoms with Gasteiger partial charge in [-0.1, -0.05) is 24.3 Å². The molecule has 1 atom stereocenters. The molecule has 1 aromatic heterocycles. The van der Waals surface area contributed by atoms with Crippen molar-refractivity contribution in [2.75, 3.05) is 11.9 Å². The van der Waals surface area contributed by atoms with Gasteiger partial charge in [0, 0.05) is 18.4 Å². The van der Waals surface area contributed by atoms with Crippen molar-refractivity contribution in [2.24, 2.45) is 0 Å². The van der Waals surface area contributed by atoms with E-state index in [9.17, 15) is 4.79 Å². The monoisotopic (exact) mass is 253 g/mol. The third-order valence-electron chi connectivity index (χ3n) is 3.32. The van der Waals surface area contributed by atoms with E-state index in [4.69, 9.17) is 0 Å². The van der Waals surface area contributed by atoms with Crippen LogP contribution in [0.2, 0.25) is 0 Å². The van der Waals surface area contributed by atoms with Crippen molar-refractivity contribution in [3.8, 4) is 0 Å². The quantitative estimate of drug-likeness (QED) is 0.878. The van der Waals surface area contributed by atoms with Gasteiger partial charge < -0.3 is 10.6 Å². The average Bonchev–Trinajstić information content (AvgIpc) is 2.90. The molecule has 96 valence electrons. The van der Waals surface area contributed by atoms with Crippen molar-refractivity contribution in [1.82, 2.24) is 10.3 Å². The van der Waals surface area contributed by atoms with E-state index in [1.54, 1.807) is 6.20 Å². The highest BCUT2D eigenvalue weighted by Crippen LogP contribution is 2.30. The minimum atomic E-state index is -0.111. The van der Waals surface area contributed by atoms with Gasteiger partial charge in [-0.25, -0.2) is 0 Å². The molecule has 0 radical (unpaired) electrons. The maximum absolute atomic E-state index is 12.2. The van der Waals surface area contributed by atoms with Crippen LogP contribution in [0.3, 0.4) is 0 Å². The molecule has 0 fully saturated rings. The fraction of sp³-hybridized carbons (Fsp3) is 0.200. The zero-order valence-electron chi connectivity index (χ0n) is 10.5. The molecule has 1 aliphatic rings. The number of nitrogens with zero attached hydrogens (tertiary/aromatic N) is 1.